The first kappa shape index (κ1) is 14.1. The van der Waals surface area contributed by atoms with Crippen molar-refractivity contribution in [3.8, 4) is 0 Å². The van der Waals surface area contributed by atoms with Crippen LogP contribution in [-0.2, 0) is 16.0 Å². The van der Waals surface area contributed by atoms with Gasteiger partial charge in [-0.15, -0.1) is 0 Å². The zero-order valence-electron chi connectivity index (χ0n) is 12.1. The predicted molar refractivity (Wildman–Crippen MR) is 76.2 cm³/mol. The van der Waals surface area contributed by atoms with Crippen LogP contribution in [0.2, 0.25) is 0 Å². The Hall–Kier alpha value is -1.35. The Labute approximate surface area is 115 Å². The smallest absolute Gasteiger partial charge is 0.223 e. The highest BCUT2D eigenvalue weighted by Crippen LogP contribution is 2.23. The van der Waals surface area contributed by atoms with Crippen LogP contribution in [0.3, 0.4) is 0 Å². The zero-order chi connectivity index (χ0) is 13.8. The molecular weight excluding hydrogens is 238 g/mol. The third kappa shape index (κ3) is 3.57. The van der Waals surface area contributed by atoms with Gasteiger partial charge in [-0.25, -0.2) is 0 Å². The van der Waals surface area contributed by atoms with Gasteiger partial charge >= 0.3 is 0 Å². The lowest BCUT2D eigenvalue weighted by Crippen LogP contribution is -2.28. The number of nitrogens with zero attached hydrogens (tertiary/aromatic N) is 1. The van der Waals surface area contributed by atoms with E-state index in [1.807, 2.05) is 4.90 Å². The Morgan fingerprint density at radius 2 is 2.16 bits per heavy atom. The van der Waals surface area contributed by atoms with E-state index in [4.69, 9.17) is 4.74 Å². The summed E-state index contributed by atoms with van der Waals surface area (Å²) < 4.78 is 5.04. The number of hydrogen-bond acceptors (Lipinski definition) is 2. The number of carbonyl (C=O) groups excluding carboxylic acids is 1. The van der Waals surface area contributed by atoms with E-state index in [0.717, 1.165) is 19.5 Å². The molecule has 1 aromatic rings. The first-order valence-electron chi connectivity index (χ1n) is 6.93. The molecule has 3 heteroatoms. The van der Waals surface area contributed by atoms with E-state index >= 15 is 0 Å². The molecule has 0 saturated carbocycles. The Morgan fingerprint density at radius 3 is 2.84 bits per heavy atom. The van der Waals surface area contributed by atoms with Crippen LogP contribution < -0.4 is 0 Å². The van der Waals surface area contributed by atoms with Gasteiger partial charge in [0.05, 0.1) is 6.61 Å². The maximum Gasteiger partial charge on any atom is 0.223 e. The molecule has 0 N–H and O–H groups in total. The molecule has 1 heterocycles. The predicted octanol–water partition coefficient (Wildman–Crippen LogP) is 2.34. The van der Waals surface area contributed by atoms with Crippen molar-refractivity contribution in [2.75, 3.05) is 26.8 Å². The van der Waals surface area contributed by atoms with Crippen LogP contribution in [0.5, 0.6) is 0 Å². The molecule has 1 aromatic carbocycles. The number of ether oxygens (including phenoxy) is 1. The number of rotatable bonds is 5. The lowest BCUT2D eigenvalue weighted by molar-refractivity contribution is -0.128. The van der Waals surface area contributed by atoms with Crippen LogP contribution in [0, 0.1) is 19.8 Å². The van der Waals surface area contributed by atoms with Crippen LogP contribution in [0.4, 0.5) is 0 Å². The summed E-state index contributed by atoms with van der Waals surface area (Å²) in [6.45, 7) is 6.49. The second kappa shape index (κ2) is 6.20. The van der Waals surface area contributed by atoms with Gasteiger partial charge in [-0.05, 0) is 37.3 Å². The quantitative estimate of drug-likeness (QED) is 0.814. The van der Waals surface area contributed by atoms with E-state index in [1.54, 1.807) is 7.11 Å². The molecule has 0 aliphatic carbocycles. The largest absolute Gasteiger partial charge is 0.383 e. The fraction of sp³-hybridized carbons (Fsp3) is 0.562. The van der Waals surface area contributed by atoms with Gasteiger partial charge in [-0.1, -0.05) is 23.8 Å². The normalized spacial score (nSPS) is 19.2. The lowest BCUT2D eigenvalue weighted by Gasteiger charge is -2.16. The Bertz CT molecular complexity index is 456. The minimum absolute atomic E-state index is 0.270. The molecule has 0 spiro atoms. The number of amides is 1. The minimum atomic E-state index is 0.270. The topological polar surface area (TPSA) is 29.5 Å². The molecule has 0 aromatic heterocycles. The number of hydrogen-bond donors (Lipinski definition) is 0. The van der Waals surface area contributed by atoms with E-state index in [0.29, 0.717) is 18.9 Å². The lowest BCUT2D eigenvalue weighted by atomic mass is 9.94. The molecule has 1 unspecified atom stereocenters. The summed E-state index contributed by atoms with van der Waals surface area (Å²) in [5.74, 6) is 0.720. The second-order valence-electron chi connectivity index (χ2n) is 5.54. The number of carbonyl (C=O) groups is 1. The molecule has 104 valence electrons. The van der Waals surface area contributed by atoms with E-state index < -0.39 is 0 Å². The van der Waals surface area contributed by atoms with Crippen molar-refractivity contribution < 1.29 is 9.53 Å². The Kier molecular flexibility index (Phi) is 4.59. The summed E-state index contributed by atoms with van der Waals surface area (Å²) >= 11 is 0. The van der Waals surface area contributed by atoms with E-state index in [-0.39, 0.29) is 5.91 Å². The Morgan fingerprint density at radius 1 is 1.37 bits per heavy atom. The van der Waals surface area contributed by atoms with Crippen molar-refractivity contribution in [1.82, 2.24) is 4.90 Å². The van der Waals surface area contributed by atoms with Gasteiger partial charge in [0.15, 0.2) is 0 Å². The number of aryl methyl sites for hydroxylation is 2. The maximum atomic E-state index is 11.9. The van der Waals surface area contributed by atoms with Gasteiger partial charge in [0.1, 0.15) is 0 Å². The summed E-state index contributed by atoms with van der Waals surface area (Å²) in [5, 5.41) is 0. The molecule has 1 aliphatic heterocycles. The third-order valence-electron chi connectivity index (χ3n) is 3.87. The average Bonchev–Trinajstić information content (AvgIpc) is 2.71. The number of likely N-dealkylation sites (tertiary alicyclic amines) is 1. The van der Waals surface area contributed by atoms with Crippen molar-refractivity contribution in [2.45, 2.75) is 26.7 Å². The molecular formula is C16H23NO2. The minimum Gasteiger partial charge on any atom is -0.383 e. The van der Waals surface area contributed by atoms with Gasteiger partial charge in [-0.2, -0.15) is 0 Å². The highest BCUT2D eigenvalue weighted by Gasteiger charge is 2.29. The van der Waals surface area contributed by atoms with Crippen molar-refractivity contribution in [2.24, 2.45) is 5.92 Å². The first-order valence-corrected chi connectivity index (χ1v) is 6.93. The molecule has 1 aliphatic rings. The van der Waals surface area contributed by atoms with Crippen LogP contribution in [0.25, 0.3) is 0 Å². The van der Waals surface area contributed by atoms with Gasteiger partial charge in [0.2, 0.25) is 5.91 Å². The average molecular weight is 261 g/mol. The van der Waals surface area contributed by atoms with Gasteiger partial charge < -0.3 is 9.64 Å². The second-order valence-corrected chi connectivity index (χ2v) is 5.54. The molecule has 19 heavy (non-hydrogen) atoms. The SMILES string of the molecule is COCCN1CC(Cc2ccc(C)cc2C)CC1=O. The first-order chi connectivity index (χ1) is 9.10. The third-order valence-corrected chi connectivity index (χ3v) is 3.87. The van der Waals surface area contributed by atoms with Crippen molar-refractivity contribution in [1.29, 1.82) is 0 Å². The molecule has 1 atom stereocenters. The van der Waals surface area contributed by atoms with Crippen molar-refractivity contribution in [3.05, 3.63) is 34.9 Å². The van der Waals surface area contributed by atoms with Crippen LogP contribution in [0.1, 0.15) is 23.1 Å². The van der Waals surface area contributed by atoms with Crippen molar-refractivity contribution in [3.63, 3.8) is 0 Å². The van der Waals surface area contributed by atoms with Crippen LogP contribution in [-0.4, -0.2) is 37.6 Å². The van der Waals surface area contributed by atoms with Gasteiger partial charge in [0.25, 0.3) is 0 Å². The monoisotopic (exact) mass is 261 g/mol. The summed E-state index contributed by atoms with van der Waals surface area (Å²) in [5.41, 5.74) is 4.00. The highest BCUT2D eigenvalue weighted by atomic mass is 16.5. The molecule has 0 radical (unpaired) electrons. The standard InChI is InChI=1S/C16H23NO2/c1-12-4-5-15(13(2)8-12)9-14-10-16(18)17(11-14)6-7-19-3/h4-5,8,14H,6-7,9-11H2,1-3H3. The number of methoxy groups -OCH3 is 1. The van der Waals surface area contributed by atoms with E-state index in [9.17, 15) is 4.79 Å². The van der Waals surface area contributed by atoms with Gasteiger partial charge in [-0.3, -0.25) is 4.79 Å². The molecule has 1 fully saturated rings. The maximum absolute atomic E-state index is 11.9. The van der Waals surface area contributed by atoms with Gasteiger partial charge in [0, 0.05) is 26.6 Å². The summed E-state index contributed by atoms with van der Waals surface area (Å²) in [7, 11) is 1.67. The number of benzene rings is 1. The molecule has 1 amide bonds. The summed E-state index contributed by atoms with van der Waals surface area (Å²) in [6, 6.07) is 6.57. The Balaban J connectivity index is 1.95. The highest BCUT2D eigenvalue weighted by molar-refractivity contribution is 5.78. The van der Waals surface area contributed by atoms with E-state index in [1.165, 1.54) is 16.7 Å². The van der Waals surface area contributed by atoms with Crippen LogP contribution >= 0.6 is 0 Å². The fourth-order valence-corrected chi connectivity index (χ4v) is 2.79. The molecule has 2 rings (SSSR count). The summed E-state index contributed by atoms with van der Waals surface area (Å²) in [6.07, 6.45) is 1.68. The van der Waals surface area contributed by atoms with Crippen molar-refractivity contribution >= 4 is 5.91 Å². The molecule has 1 saturated heterocycles. The zero-order valence-corrected chi connectivity index (χ0v) is 12.1. The van der Waals surface area contributed by atoms with E-state index in [2.05, 4.69) is 32.0 Å². The molecule has 0 bridgehead atoms. The van der Waals surface area contributed by atoms with Crippen LogP contribution in [0.15, 0.2) is 18.2 Å². The fourth-order valence-electron chi connectivity index (χ4n) is 2.79. The summed E-state index contributed by atoms with van der Waals surface area (Å²) in [4.78, 5) is 13.8. The molecule has 3 nitrogen and oxygen atoms in total.